The molecule has 3 nitrogen and oxygen atoms in total. The normalized spacial score (nSPS) is 11.2. The van der Waals surface area contributed by atoms with Gasteiger partial charge >= 0.3 is 5.97 Å². The van der Waals surface area contributed by atoms with Crippen LogP contribution in [0.1, 0.15) is 51.2 Å². The highest BCUT2D eigenvalue weighted by Crippen LogP contribution is 2.12. The smallest absolute Gasteiger partial charge is 0.307 e. The molecule has 0 aliphatic rings. The van der Waals surface area contributed by atoms with Gasteiger partial charge in [0.25, 0.3) is 0 Å². The third-order valence-corrected chi connectivity index (χ3v) is 3.54. The van der Waals surface area contributed by atoms with Crippen molar-refractivity contribution in [3.63, 3.8) is 0 Å². The van der Waals surface area contributed by atoms with Gasteiger partial charge in [-0.15, -0.1) is 0 Å². The molecule has 1 rings (SSSR count). The zero-order chi connectivity index (χ0) is 15.0. The molecule has 0 bridgehead atoms. The minimum absolute atomic E-state index is 0.102. The van der Waals surface area contributed by atoms with E-state index >= 15 is 0 Å². The van der Waals surface area contributed by atoms with Gasteiger partial charge in [0, 0.05) is 12.6 Å². The summed E-state index contributed by atoms with van der Waals surface area (Å²) in [5.41, 5.74) is 2.12. The molecule has 0 saturated heterocycles. The fraction of sp³-hybridized carbons (Fsp3) is 0.588. The molecule has 112 valence electrons. The van der Waals surface area contributed by atoms with Gasteiger partial charge in [0.05, 0.1) is 6.42 Å². The second-order valence-electron chi connectivity index (χ2n) is 5.66. The van der Waals surface area contributed by atoms with Crippen LogP contribution in [-0.4, -0.2) is 28.6 Å². The second kappa shape index (κ2) is 8.75. The van der Waals surface area contributed by atoms with E-state index in [0.717, 1.165) is 18.7 Å². The number of hydrogen-bond acceptors (Lipinski definition) is 2. The number of carboxylic acid groups (broad SMARTS) is 1. The summed E-state index contributed by atoms with van der Waals surface area (Å²) >= 11 is 0. The van der Waals surface area contributed by atoms with Gasteiger partial charge in [0.2, 0.25) is 0 Å². The van der Waals surface area contributed by atoms with E-state index in [1.807, 2.05) is 24.3 Å². The number of hydrogen-bond donors (Lipinski definition) is 1. The third kappa shape index (κ3) is 6.20. The average molecular weight is 277 g/mol. The summed E-state index contributed by atoms with van der Waals surface area (Å²) in [4.78, 5) is 13.1. The molecule has 0 unspecified atom stereocenters. The van der Waals surface area contributed by atoms with E-state index < -0.39 is 5.97 Å². The Morgan fingerprint density at radius 2 is 1.75 bits per heavy atom. The molecule has 0 aliphatic heterocycles. The zero-order valence-electron chi connectivity index (χ0n) is 12.9. The number of carbonyl (C=O) groups is 1. The molecule has 0 aliphatic carbocycles. The first-order chi connectivity index (χ1) is 9.52. The molecule has 1 aromatic rings. The Balaban J connectivity index is 2.57. The molecular formula is C17H27NO2. The van der Waals surface area contributed by atoms with E-state index in [4.69, 9.17) is 5.11 Å². The summed E-state index contributed by atoms with van der Waals surface area (Å²) in [7, 11) is 0. The van der Waals surface area contributed by atoms with Crippen LogP contribution in [0.5, 0.6) is 0 Å². The third-order valence-electron chi connectivity index (χ3n) is 3.54. The number of benzene rings is 1. The van der Waals surface area contributed by atoms with Gasteiger partial charge in [0.15, 0.2) is 0 Å². The minimum Gasteiger partial charge on any atom is -0.481 e. The molecule has 1 aromatic carbocycles. The van der Waals surface area contributed by atoms with Gasteiger partial charge in [-0.05, 0) is 37.9 Å². The quantitative estimate of drug-likeness (QED) is 0.699. The Morgan fingerprint density at radius 1 is 1.15 bits per heavy atom. The molecule has 0 saturated carbocycles. The van der Waals surface area contributed by atoms with Crippen molar-refractivity contribution in [2.24, 2.45) is 0 Å². The molecule has 0 radical (unpaired) electrons. The minimum atomic E-state index is -0.777. The highest BCUT2D eigenvalue weighted by atomic mass is 16.4. The highest BCUT2D eigenvalue weighted by molar-refractivity contribution is 5.70. The maximum absolute atomic E-state index is 10.7. The lowest BCUT2D eigenvalue weighted by atomic mass is 10.1. The summed E-state index contributed by atoms with van der Waals surface area (Å²) in [5, 5.41) is 8.77. The Hall–Kier alpha value is -1.35. The predicted octanol–water partition coefficient (Wildman–Crippen LogP) is 3.71. The fourth-order valence-corrected chi connectivity index (χ4v) is 2.26. The summed E-state index contributed by atoms with van der Waals surface area (Å²) in [6.45, 7) is 8.74. The molecule has 0 amide bonds. The van der Waals surface area contributed by atoms with E-state index in [-0.39, 0.29) is 6.42 Å². The van der Waals surface area contributed by atoms with Crippen molar-refractivity contribution < 1.29 is 9.90 Å². The molecule has 0 aromatic heterocycles. The lowest BCUT2D eigenvalue weighted by Gasteiger charge is -2.26. The molecular weight excluding hydrogens is 250 g/mol. The highest BCUT2D eigenvalue weighted by Gasteiger charge is 2.10. The van der Waals surface area contributed by atoms with Crippen LogP contribution in [0.2, 0.25) is 0 Å². The summed E-state index contributed by atoms with van der Waals surface area (Å²) in [6, 6.07) is 8.48. The van der Waals surface area contributed by atoms with Crippen LogP contribution in [0, 0.1) is 0 Å². The van der Waals surface area contributed by atoms with Crippen molar-refractivity contribution in [1.29, 1.82) is 0 Å². The van der Waals surface area contributed by atoms with Crippen molar-refractivity contribution in [2.45, 2.75) is 59.0 Å². The largest absolute Gasteiger partial charge is 0.481 e. The second-order valence-corrected chi connectivity index (χ2v) is 5.66. The van der Waals surface area contributed by atoms with E-state index in [9.17, 15) is 4.79 Å². The van der Waals surface area contributed by atoms with E-state index in [1.54, 1.807) is 0 Å². The summed E-state index contributed by atoms with van der Waals surface area (Å²) < 4.78 is 0. The van der Waals surface area contributed by atoms with Crippen LogP contribution in [0.25, 0.3) is 0 Å². The zero-order valence-corrected chi connectivity index (χ0v) is 12.9. The van der Waals surface area contributed by atoms with Gasteiger partial charge in [-0.2, -0.15) is 0 Å². The standard InChI is InChI=1S/C17H27NO2/c1-4-5-6-11-18(14(2)3)13-16-9-7-15(8-10-16)12-17(19)20/h7-10,14H,4-6,11-13H2,1-3H3,(H,19,20). The first-order valence-electron chi connectivity index (χ1n) is 7.56. The molecule has 0 atom stereocenters. The topological polar surface area (TPSA) is 40.5 Å². The van der Waals surface area contributed by atoms with Crippen LogP contribution in [0.3, 0.4) is 0 Å². The monoisotopic (exact) mass is 277 g/mol. The first-order valence-corrected chi connectivity index (χ1v) is 7.56. The molecule has 20 heavy (non-hydrogen) atoms. The lowest BCUT2D eigenvalue weighted by Crippen LogP contribution is -2.31. The number of aliphatic carboxylic acids is 1. The predicted molar refractivity (Wildman–Crippen MR) is 82.9 cm³/mol. The Labute approximate surface area is 122 Å². The van der Waals surface area contributed by atoms with Gasteiger partial charge in [0.1, 0.15) is 0 Å². The molecule has 1 N–H and O–H groups in total. The maximum atomic E-state index is 10.7. The summed E-state index contributed by atoms with van der Waals surface area (Å²) in [5.74, 6) is -0.777. The van der Waals surface area contributed by atoms with Crippen LogP contribution >= 0.6 is 0 Å². The molecule has 0 heterocycles. The lowest BCUT2D eigenvalue weighted by molar-refractivity contribution is -0.136. The van der Waals surface area contributed by atoms with Crippen LogP contribution in [-0.2, 0) is 17.8 Å². The Morgan fingerprint density at radius 3 is 2.25 bits per heavy atom. The molecule has 0 spiro atoms. The SMILES string of the molecule is CCCCCN(Cc1ccc(CC(=O)O)cc1)C(C)C. The maximum Gasteiger partial charge on any atom is 0.307 e. The van der Waals surface area contributed by atoms with Crippen LogP contribution in [0.4, 0.5) is 0 Å². The number of unbranched alkanes of at least 4 members (excludes halogenated alkanes) is 2. The van der Waals surface area contributed by atoms with Crippen molar-refractivity contribution in [3.8, 4) is 0 Å². The van der Waals surface area contributed by atoms with Gasteiger partial charge < -0.3 is 5.11 Å². The molecule has 3 heteroatoms. The van der Waals surface area contributed by atoms with Gasteiger partial charge in [-0.3, -0.25) is 9.69 Å². The Kier molecular flexibility index (Phi) is 7.31. The number of rotatable bonds is 9. The fourth-order valence-electron chi connectivity index (χ4n) is 2.26. The number of nitrogens with zero attached hydrogens (tertiary/aromatic N) is 1. The van der Waals surface area contributed by atoms with Crippen molar-refractivity contribution in [3.05, 3.63) is 35.4 Å². The van der Waals surface area contributed by atoms with E-state index in [0.29, 0.717) is 6.04 Å². The van der Waals surface area contributed by atoms with E-state index in [1.165, 1.54) is 24.8 Å². The van der Waals surface area contributed by atoms with Crippen molar-refractivity contribution in [1.82, 2.24) is 4.90 Å². The van der Waals surface area contributed by atoms with Crippen molar-refractivity contribution in [2.75, 3.05) is 6.54 Å². The van der Waals surface area contributed by atoms with Crippen molar-refractivity contribution >= 4 is 5.97 Å². The van der Waals surface area contributed by atoms with E-state index in [2.05, 4.69) is 25.7 Å². The van der Waals surface area contributed by atoms with Gasteiger partial charge in [-0.1, -0.05) is 44.0 Å². The molecule has 0 fully saturated rings. The Bertz CT molecular complexity index is 398. The number of carboxylic acids is 1. The van der Waals surface area contributed by atoms with Crippen LogP contribution in [0.15, 0.2) is 24.3 Å². The summed E-state index contributed by atoms with van der Waals surface area (Å²) in [6.07, 6.45) is 3.87. The van der Waals surface area contributed by atoms with Gasteiger partial charge in [-0.25, -0.2) is 0 Å². The first kappa shape index (κ1) is 16.7. The average Bonchev–Trinajstić information content (AvgIpc) is 2.39. The van der Waals surface area contributed by atoms with Crippen LogP contribution < -0.4 is 0 Å².